The van der Waals surface area contributed by atoms with E-state index in [2.05, 4.69) is 46.8 Å². The number of hydrogen-bond donors (Lipinski definition) is 0. The lowest BCUT2D eigenvalue weighted by Gasteiger charge is -2.02. The van der Waals surface area contributed by atoms with Crippen molar-refractivity contribution in [3.05, 3.63) is 27.7 Å². The van der Waals surface area contributed by atoms with Crippen LogP contribution in [0, 0.1) is 0 Å². The summed E-state index contributed by atoms with van der Waals surface area (Å²) in [6.07, 6.45) is 5.36. The van der Waals surface area contributed by atoms with Gasteiger partial charge >= 0.3 is 0 Å². The molecule has 0 spiro atoms. The van der Waals surface area contributed by atoms with Gasteiger partial charge < -0.3 is 0 Å². The molecule has 1 heterocycles. The molecule has 0 aliphatic rings. The van der Waals surface area contributed by atoms with Crippen LogP contribution >= 0.6 is 11.3 Å². The lowest BCUT2D eigenvalue weighted by atomic mass is 10.1. The summed E-state index contributed by atoms with van der Waals surface area (Å²) < 4.78 is 0. The average molecular weight is 223 g/mol. The minimum absolute atomic E-state index is 0.536. The molecule has 0 N–H and O–H groups in total. The Morgan fingerprint density at radius 3 is 2.33 bits per heavy atom. The molecule has 15 heavy (non-hydrogen) atoms. The van der Waals surface area contributed by atoms with Crippen LogP contribution in [0.2, 0.25) is 0 Å². The number of rotatable bonds is 4. The molecule has 0 bridgehead atoms. The lowest BCUT2D eigenvalue weighted by Crippen LogP contribution is -1.93. The van der Waals surface area contributed by atoms with E-state index >= 15 is 0 Å². The summed E-state index contributed by atoms with van der Waals surface area (Å²) in [5, 5.41) is 1.28. The number of hydrogen-bond acceptors (Lipinski definition) is 2. The molecular weight excluding hydrogens is 202 g/mol. The molecule has 0 amide bonds. The molecular formula is C13H21NS. The molecule has 1 aromatic rings. The van der Waals surface area contributed by atoms with Crippen molar-refractivity contribution in [2.75, 3.05) is 0 Å². The first-order valence-corrected chi connectivity index (χ1v) is 6.48. The van der Waals surface area contributed by atoms with Crippen molar-refractivity contribution >= 4 is 11.3 Å². The second kappa shape index (κ2) is 5.45. The summed E-state index contributed by atoms with van der Waals surface area (Å²) in [6, 6.07) is 0. The molecule has 1 aromatic heterocycles. The third-order valence-electron chi connectivity index (χ3n) is 2.32. The Morgan fingerprint density at radius 1 is 1.20 bits per heavy atom. The van der Waals surface area contributed by atoms with E-state index in [4.69, 9.17) is 4.98 Å². The summed E-state index contributed by atoms with van der Waals surface area (Å²) in [7, 11) is 0. The molecule has 0 radical (unpaired) electrons. The second-order valence-electron chi connectivity index (χ2n) is 4.44. The Labute approximate surface area is 97.3 Å². The zero-order valence-corrected chi connectivity index (χ0v) is 11.2. The van der Waals surface area contributed by atoms with Crippen molar-refractivity contribution < 1.29 is 0 Å². The van der Waals surface area contributed by atoms with E-state index in [9.17, 15) is 0 Å². The Kier molecular flexibility index (Phi) is 4.52. The van der Waals surface area contributed by atoms with Crippen molar-refractivity contribution in [2.24, 2.45) is 0 Å². The number of nitrogens with zero attached hydrogens (tertiary/aromatic N) is 1. The van der Waals surface area contributed by atoms with Gasteiger partial charge in [-0.05, 0) is 12.8 Å². The average Bonchev–Trinajstić information content (AvgIpc) is 2.58. The molecule has 0 saturated heterocycles. The minimum atomic E-state index is 0.536. The Bertz CT molecular complexity index is 334. The third kappa shape index (κ3) is 3.16. The lowest BCUT2D eigenvalue weighted by molar-refractivity contribution is 0.785. The van der Waals surface area contributed by atoms with Crippen LogP contribution in [0.25, 0.3) is 0 Å². The maximum absolute atomic E-state index is 4.75. The van der Waals surface area contributed by atoms with Crippen molar-refractivity contribution in [2.45, 2.75) is 52.9 Å². The van der Waals surface area contributed by atoms with Gasteiger partial charge in [0.1, 0.15) is 0 Å². The minimum Gasteiger partial charge on any atom is -0.245 e. The highest BCUT2D eigenvalue weighted by atomic mass is 32.1. The van der Waals surface area contributed by atoms with Gasteiger partial charge in [-0.3, -0.25) is 0 Å². The van der Waals surface area contributed by atoms with Gasteiger partial charge in [0.25, 0.3) is 0 Å². The van der Waals surface area contributed by atoms with E-state index in [0.29, 0.717) is 11.8 Å². The zero-order chi connectivity index (χ0) is 11.4. The smallest absolute Gasteiger partial charge is 0.0956 e. The van der Waals surface area contributed by atoms with E-state index in [1.54, 1.807) is 0 Å². The van der Waals surface area contributed by atoms with Crippen LogP contribution in [0.4, 0.5) is 0 Å². The first-order chi connectivity index (χ1) is 7.06. The standard InChI is InChI=1S/C13H21NS/c1-6-7-8-11-12(9(2)3)14-13(15-11)10(4)5/h6-7,9-10H,8H2,1-5H3/b7-6-. The molecule has 0 aliphatic heterocycles. The van der Waals surface area contributed by atoms with Crippen LogP contribution in [-0.2, 0) is 6.42 Å². The second-order valence-corrected chi connectivity index (χ2v) is 5.56. The fourth-order valence-corrected chi connectivity index (χ4v) is 2.65. The van der Waals surface area contributed by atoms with Gasteiger partial charge in [-0.2, -0.15) is 0 Å². The highest BCUT2D eigenvalue weighted by molar-refractivity contribution is 7.11. The van der Waals surface area contributed by atoms with Crippen LogP contribution in [-0.4, -0.2) is 4.98 Å². The van der Waals surface area contributed by atoms with E-state index in [0.717, 1.165) is 6.42 Å². The number of aromatic nitrogens is 1. The predicted molar refractivity (Wildman–Crippen MR) is 68.8 cm³/mol. The van der Waals surface area contributed by atoms with Crippen molar-refractivity contribution in [1.29, 1.82) is 0 Å². The maximum atomic E-state index is 4.75. The van der Waals surface area contributed by atoms with Crippen molar-refractivity contribution in [3.8, 4) is 0 Å². The molecule has 84 valence electrons. The Morgan fingerprint density at radius 2 is 1.87 bits per heavy atom. The van der Waals surface area contributed by atoms with Crippen LogP contribution in [0.5, 0.6) is 0 Å². The fourth-order valence-electron chi connectivity index (χ4n) is 1.45. The quantitative estimate of drug-likeness (QED) is 0.684. The SMILES string of the molecule is C/C=C\Cc1sc(C(C)C)nc1C(C)C. The molecule has 0 unspecified atom stereocenters. The first-order valence-electron chi connectivity index (χ1n) is 5.66. The van der Waals surface area contributed by atoms with Gasteiger partial charge in [0.15, 0.2) is 0 Å². The molecule has 0 saturated carbocycles. The molecule has 0 aromatic carbocycles. The maximum Gasteiger partial charge on any atom is 0.0956 e. The van der Waals surface area contributed by atoms with Crippen LogP contribution in [0.3, 0.4) is 0 Å². The van der Waals surface area contributed by atoms with Crippen LogP contribution < -0.4 is 0 Å². The first kappa shape index (κ1) is 12.4. The zero-order valence-electron chi connectivity index (χ0n) is 10.4. The van der Waals surface area contributed by atoms with E-state index in [-0.39, 0.29) is 0 Å². The summed E-state index contributed by atoms with van der Waals surface area (Å²) in [6.45, 7) is 10.9. The predicted octanol–water partition coefficient (Wildman–Crippen LogP) is 4.51. The molecule has 0 atom stereocenters. The van der Waals surface area contributed by atoms with Crippen molar-refractivity contribution in [1.82, 2.24) is 4.98 Å². The number of allylic oxidation sites excluding steroid dienone is 2. The fraction of sp³-hybridized carbons (Fsp3) is 0.615. The van der Waals surface area contributed by atoms with Gasteiger partial charge in [0, 0.05) is 17.2 Å². The topological polar surface area (TPSA) is 12.9 Å². The highest BCUT2D eigenvalue weighted by Crippen LogP contribution is 2.29. The Hall–Kier alpha value is -0.630. The molecule has 0 aliphatic carbocycles. The van der Waals surface area contributed by atoms with Gasteiger partial charge in [-0.1, -0.05) is 39.8 Å². The van der Waals surface area contributed by atoms with Crippen molar-refractivity contribution in [3.63, 3.8) is 0 Å². The highest BCUT2D eigenvalue weighted by Gasteiger charge is 2.14. The number of thiazole rings is 1. The van der Waals surface area contributed by atoms with E-state index < -0.39 is 0 Å². The molecule has 1 rings (SSSR count). The largest absolute Gasteiger partial charge is 0.245 e. The molecule has 2 heteroatoms. The molecule has 1 nitrogen and oxygen atoms in total. The Balaban J connectivity index is 3.00. The summed E-state index contributed by atoms with van der Waals surface area (Å²) in [4.78, 5) is 6.18. The monoisotopic (exact) mass is 223 g/mol. The summed E-state index contributed by atoms with van der Waals surface area (Å²) in [5.41, 5.74) is 1.29. The van der Waals surface area contributed by atoms with Gasteiger partial charge in [0.2, 0.25) is 0 Å². The normalized spacial score (nSPS) is 12.2. The van der Waals surface area contributed by atoms with Crippen LogP contribution in [0.15, 0.2) is 12.2 Å². The summed E-state index contributed by atoms with van der Waals surface area (Å²) in [5.74, 6) is 1.08. The van der Waals surface area contributed by atoms with Gasteiger partial charge in [-0.25, -0.2) is 4.98 Å². The van der Waals surface area contributed by atoms with Gasteiger partial charge in [0.05, 0.1) is 10.7 Å². The van der Waals surface area contributed by atoms with E-state index in [1.165, 1.54) is 15.6 Å². The third-order valence-corrected chi connectivity index (χ3v) is 3.72. The summed E-state index contributed by atoms with van der Waals surface area (Å²) >= 11 is 1.87. The van der Waals surface area contributed by atoms with E-state index in [1.807, 2.05) is 11.3 Å². The van der Waals surface area contributed by atoms with Crippen LogP contribution in [0.1, 0.15) is 62.0 Å². The molecule has 0 fully saturated rings. The van der Waals surface area contributed by atoms with Gasteiger partial charge in [-0.15, -0.1) is 11.3 Å².